The molecule has 0 fully saturated rings. The molecule has 2 amide bonds. The van der Waals surface area contributed by atoms with Crippen molar-refractivity contribution in [3.8, 4) is 0 Å². The fourth-order valence-corrected chi connectivity index (χ4v) is 3.47. The van der Waals surface area contributed by atoms with Crippen molar-refractivity contribution in [3.63, 3.8) is 0 Å². The number of nitrogens with one attached hydrogen (secondary N) is 2. The van der Waals surface area contributed by atoms with Crippen molar-refractivity contribution in [2.45, 2.75) is 24.1 Å². The molecule has 2 rings (SSSR count). The van der Waals surface area contributed by atoms with Crippen LogP contribution >= 0.6 is 22.6 Å². The molecule has 0 aromatic heterocycles. The minimum Gasteiger partial charge on any atom is -0.743 e. The van der Waals surface area contributed by atoms with Crippen LogP contribution in [-0.2, 0) is 21.5 Å². The number of amides is 2. The number of hydrogen-bond acceptors (Lipinski definition) is 6. The maximum Gasteiger partial charge on any atom is 0.415 e. The van der Waals surface area contributed by atoms with Crippen LogP contribution in [0.4, 0.5) is 32.4 Å². The molecule has 1 atom stereocenters. The highest BCUT2D eigenvalue weighted by Gasteiger charge is 2.60. The summed E-state index contributed by atoms with van der Waals surface area (Å²) >= 11 is 1.61. The van der Waals surface area contributed by atoms with Gasteiger partial charge in [0.05, 0.1) is 5.69 Å². The van der Waals surface area contributed by atoms with E-state index in [1.165, 1.54) is 0 Å². The van der Waals surface area contributed by atoms with Gasteiger partial charge in [0.25, 0.3) is 5.91 Å². The van der Waals surface area contributed by atoms with Gasteiger partial charge in [0, 0.05) is 9.13 Å². The van der Waals surface area contributed by atoms with Gasteiger partial charge in [-0.1, -0.05) is 30.3 Å². The lowest BCUT2D eigenvalue weighted by Crippen LogP contribution is -2.59. The van der Waals surface area contributed by atoms with Crippen molar-refractivity contribution in [1.29, 1.82) is 0 Å². The Morgan fingerprint density at radius 1 is 1.06 bits per heavy atom. The Bertz CT molecular complexity index is 1130. The molecule has 2 aromatic rings. The van der Waals surface area contributed by atoms with Gasteiger partial charge in [-0.25, -0.2) is 13.2 Å². The number of halogens is 6. The van der Waals surface area contributed by atoms with Crippen molar-refractivity contribution < 1.29 is 49.2 Å². The van der Waals surface area contributed by atoms with Gasteiger partial charge in [-0.15, -0.1) is 0 Å². The highest BCUT2D eigenvalue weighted by Crippen LogP contribution is 2.36. The van der Waals surface area contributed by atoms with E-state index >= 15 is 0 Å². The van der Waals surface area contributed by atoms with Crippen molar-refractivity contribution >= 4 is 50.4 Å². The predicted molar refractivity (Wildman–Crippen MR) is 111 cm³/mol. The van der Waals surface area contributed by atoms with Crippen molar-refractivity contribution in [1.82, 2.24) is 5.32 Å². The molecule has 0 heterocycles. The van der Waals surface area contributed by atoms with Crippen LogP contribution in [0.3, 0.4) is 0 Å². The number of alkyl halides is 5. The number of benzene rings is 2. The zero-order valence-corrected chi connectivity index (χ0v) is 19.0. The topological polar surface area (TPSA) is 125 Å². The molecule has 0 radical (unpaired) electrons. The van der Waals surface area contributed by atoms with E-state index < -0.39 is 45.2 Å². The van der Waals surface area contributed by atoms with E-state index in [9.17, 15) is 44.5 Å². The van der Waals surface area contributed by atoms with E-state index in [0.717, 1.165) is 23.5 Å². The Balaban J connectivity index is 2.12. The van der Waals surface area contributed by atoms with Gasteiger partial charge >= 0.3 is 17.5 Å². The van der Waals surface area contributed by atoms with Crippen LogP contribution in [0.5, 0.6) is 0 Å². The van der Waals surface area contributed by atoms with E-state index in [-0.39, 0.29) is 15.9 Å². The number of carbonyl (C=O) groups excluding carboxylic acids is 2. The van der Waals surface area contributed by atoms with Crippen molar-refractivity contribution in [2.75, 3.05) is 5.32 Å². The lowest BCUT2D eigenvalue weighted by molar-refractivity contribution is -0.191. The maximum absolute atomic E-state index is 13.6. The van der Waals surface area contributed by atoms with Crippen molar-refractivity contribution in [2.24, 2.45) is 0 Å². The molecule has 0 aliphatic carbocycles. The molecular weight excluding hydrogens is 594 g/mol. The highest BCUT2D eigenvalue weighted by atomic mass is 127. The van der Waals surface area contributed by atoms with Gasteiger partial charge in [-0.3, -0.25) is 10.1 Å². The van der Waals surface area contributed by atoms with Gasteiger partial charge in [-0.2, -0.15) is 22.0 Å². The molecular formula is C18H13F5IN2O6S-. The second kappa shape index (κ2) is 10.2. The number of hydrogen-bond donors (Lipinski definition) is 2. The molecule has 15 heteroatoms. The van der Waals surface area contributed by atoms with E-state index in [2.05, 4.69) is 5.32 Å². The molecule has 1 unspecified atom stereocenters. The lowest BCUT2D eigenvalue weighted by Gasteiger charge is -2.30. The van der Waals surface area contributed by atoms with Crippen molar-refractivity contribution in [3.05, 3.63) is 63.2 Å². The minimum atomic E-state index is -6.75. The molecule has 0 spiro atoms. The molecule has 8 nitrogen and oxygen atoms in total. The Morgan fingerprint density at radius 2 is 1.67 bits per heavy atom. The van der Waals surface area contributed by atoms with E-state index in [4.69, 9.17) is 4.74 Å². The average molecular weight is 607 g/mol. The zero-order valence-electron chi connectivity index (χ0n) is 16.0. The van der Waals surface area contributed by atoms with Crippen LogP contribution in [-0.4, -0.2) is 42.4 Å². The second-order valence-corrected chi connectivity index (χ2v) is 8.96. The van der Waals surface area contributed by atoms with E-state index in [1.807, 2.05) is 0 Å². The SMILES string of the molecule is O=C(Nc1ccc(C(=O)NC(C(F)(F)F)C(F)(F)S(=O)(=O)[O-])cc1I)OCc1ccccc1. The molecule has 0 aliphatic rings. The van der Waals surface area contributed by atoms with Crippen LogP contribution in [0.25, 0.3) is 0 Å². The first kappa shape index (κ1) is 26.7. The molecule has 2 aromatic carbocycles. The predicted octanol–water partition coefficient (Wildman–Crippen LogP) is 3.84. The minimum absolute atomic E-state index is 0.0561. The first-order chi connectivity index (χ1) is 15.1. The zero-order chi connectivity index (χ0) is 25.0. The summed E-state index contributed by atoms with van der Waals surface area (Å²) in [7, 11) is -6.75. The first-order valence-corrected chi connectivity index (χ1v) is 11.1. The van der Waals surface area contributed by atoms with Crippen LogP contribution in [0, 0.1) is 3.57 Å². The summed E-state index contributed by atoms with van der Waals surface area (Å²) in [6.07, 6.45) is -6.83. The third kappa shape index (κ3) is 6.97. The monoisotopic (exact) mass is 607 g/mol. The summed E-state index contributed by atoms with van der Waals surface area (Å²) < 4.78 is 103. The largest absolute Gasteiger partial charge is 0.743 e. The third-order valence-electron chi connectivity index (χ3n) is 3.95. The lowest BCUT2D eigenvalue weighted by atomic mass is 10.1. The fraction of sp³-hybridized carbons (Fsp3) is 0.222. The molecule has 0 bridgehead atoms. The van der Waals surface area contributed by atoms with Crippen LogP contribution in [0.2, 0.25) is 0 Å². The summed E-state index contributed by atoms with van der Waals surface area (Å²) in [4.78, 5) is 24.0. The van der Waals surface area contributed by atoms with Gasteiger partial charge in [0.1, 0.15) is 6.61 Å². The fourth-order valence-electron chi connectivity index (χ4n) is 2.34. The standard InChI is InChI=1S/C18H14F5IN2O6S/c19-17(20,21)15(18(22,23)33(29,30)31)26-14(27)11-6-7-13(12(24)8-11)25-16(28)32-9-10-4-2-1-3-5-10/h1-8,15H,9H2,(H,25,28)(H,26,27)(H,29,30,31)/p-1. The van der Waals surface area contributed by atoms with E-state index in [1.54, 1.807) is 52.9 Å². The first-order valence-electron chi connectivity index (χ1n) is 8.61. The van der Waals surface area contributed by atoms with Crippen LogP contribution < -0.4 is 10.6 Å². The number of carbonyl (C=O) groups is 2. The number of anilines is 1. The van der Waals surface area contributed by atoms with Crippen LogP contribution in [0.1, 0.15) is 15.9 Å². The Kier molecular flexibility index (Phi) is 8.23. The number of rotatable bonds is 7. The maximum atomic E-state index is 13.6. The van der Waals surface area contributed by atoms with E-state index in [0.29, 0.717) is 5.56 Å². The summed E-state index contributed by atoms with van der Waals surface area (Å²) in [5, 5.41) is -2.68. The van der Waals surface area contributed by atoms with Gasteiger partial charge in [-0.05, 0) is 46.4 Å². The summed E-state index contributed by atoms with van der Waals surface area (Å²) in [6, 6.07) is 7.29. The van der Waals surface area contributed by atoms with Gasteiger partial charge in [0.15, 0.2) is 10.1 Å². The molecule has 0 aliphatic heterocycles. The van der Waals surface area contributed by atoms with Crippen LogP contribution in [0.15, 0.2) is 48.5 Å². The Hall–Kier alpha value is -2.53. The van der Waals surface area contributed by atoms with Gasteiger partial charge in [0.2, 0.25) is 6.04 Å². The summed E-state index contributed by atoms with van der Waals surface area (Å²) in [5.41, 5.74) is 0.214. The quantitative estimate of drug-likeness (QED) is 0.280. The van der Waals surface area contributed by atoms with Gasteiger partial charge < -0.3 is 14.6 Å². The second-order valence-electron chi connectivity index (χ2n) is 6.35. The average Bonchev–Trinajstić information content (AvgIpc) is 2.70. The normalized spacial score (nSPS) is 13.2. The highest BCUT2D eigenvalue weighted by molar-refractivity contribution is 14.1. The number of ether oxygens (including phenoxy) is 1. The smallest absolute Gasteiger partial charge is 0.415 e. The molecule has 0 saturated carbocycles. The Labute approximate surface area is 197 Å². The third-order valence-corrected chi connectivity index (χ3v) is 5.75. The summed E-state index contributed by atoms with van der Waals surface area (Å²) in [5.74, 6) is -1.73. The molecule has 33 heavy (non-hydrogen) atoms. The molecule has 180 valence electrons. The Morgan fingerprint density at radius 3 is 2.18 bits per heavy atom. The molecule has 2 N–H and O–H groups in total. The molecule has 0 saturated heterocycles. The summed E-state index contributed by atoms with van der Waals surface area (Å²) in [6.45, 7) is -0.0561.